The van der Waals surface area contributed by atoms with E-state index in [-0.39, 0.29) is 17.9 Å². The molecular weight excluding hydrogens is 390 g/mol. The lowest BCUT2D eigenvalue weighted by Gasteiger charge is -2.24. The van der Waals surface area contributed by atoms with Gasteiger partial charge in [0, 0.05) is 23.3 Å². The Balaban J connectivity index is 1.78. The summed E-state index contributed by atoms with van der Waals surface area (Å²) in [5, 5.41) is 7.33. The third-order valence-electron chi connectivity index (χ3n) is 4.88. The SMILES string of the molecule is CCOc1cccc2cc([C@@H]3CC(c4ccco4)=NN3C(=O)C(C)C)c(Cl)nc12. The number of halogens is 1. The van der Waals surface area contributed by atoms with E-state index in [0.717, 1.165) is 10.9 Å². The molecule has 0 spiro atoms. The summed E-state index contributed by atoms with van der Waals surface area (Å²) >= 11 is 6.60. The number of ether oxygens (including phenoxy) is 1. The zero-order chi connectivity index (χ0) is 20.5. The highest BCUT2D eigenvalue weighted by Gasteiger charge is 2.36. The number of hydrogen-bond donors (Lipinski definition) is 0. The maximum Gasteiger partial charge on any atom is 0.245 e. The smallest absolute Gasteiger partial charge is 0.245 e. The van der Waals surface area contributed by atoms with E-state index in [2.05, 4.69) is 10.1 Å². The molecular formula is C22H22ClN3O3. The third kappa shape index (κ3) is 3.60. The van der Waals surface area contributed by atoms with Gasteiger partial charge in [-0.1, -0.05) is 37.6 Å². The van der Waals surface area contributed by atoms with Gasteiger partial charge >= 0.3 is 0 Å². The van der Waals surface area contributed by atoms with E-state index in [1.165, 1.54) is 5.01 Å². The minimum atomic E-state index is -0.342. The van der Waals surface area contributed by atoms with Crippen molar-refractivity contribution < 1.29 is 13.9 Å². The number of pyridine rings is 1. The number of para-hydroxylation sites is 1. The molecule has 1 amide bonds. The monoisotopic (exact) mass is 411 g/mol. The van der Waals surface area contributed by atoms with E-state index >= 15 is 0 Å². The molecule has 0 saturated heterocycles. The van der Waals surface area contributed by atoms with Gasteiger partial charge in [-0.25, -0.2) is 9.99 Å². The van der Waals surface area contributed by atoms with Crippen LogP contribution in [0.1, 0.15) is 44.6 Å². The largest absolute Gasteiger partial charge is 0.492 e. The van der Waals surface area contributed by atoms with Crippen LogP contribution < -0.4 is 4.74 Å². The normalized spacial score (nSPS) is 16.5. The van der Waals surface area contributed by atoms with Crippen molar-refractivity contribution in [3.63, 3.8) is 0 Å². The minimum absolute atomic E-state index is 0.0733. The average molecular weight is 412 g/mol. The first kappa shape index (κ1) is 19.5. The molecule has 1 aliphatic heterocycles. The zero-order valence-corrected chi connectivity index (χ0v) is 17.3. The van der Waals surface area contributed by atoms with Gasteiger partial charge in [0.2, 0.25) is 5.91 Å². The Morgan fingerprint density at radius 1 is 1.34 bits per heavy atom. The Labute approximate surface area is 174 Å². The Morgan fingerprint density at radius 3 is 2.86 bits per heavy atom. The predicted octanol–water partition coefficient (Wildman–Crippen LogP) is 5.21. The maximum atomic E-state index is 12.9. The summed E-state index contributed by atoms with van der Waals surface area (Å²) in [7, 11) is 0. The van der Waals surface area contributed by atoms with Gasteiger partial charge in [-0.2, -0.15) is 5.10 Å². The van der Waals surface area contributed by atoms with Gasteiger partial charge in [-0.15, -0.1) is 0 Å². The van der Waals surface area contributed by atoms with Crippen molar-refractivity contribution in [1.29, 1.82) is 0 Å². The van der Waals surface area contributed by atoms with Crippen LogP contribution in [0.25, 0.3) is 10.9 Å². The van der Waals surface area contributed by atoms with Crippen molar-refractivity contribution in [1.82, 2.24) is 9.99 Å². The van der Waals surface area contributed by atoms with Crippen molar-refractivity contribution in [2.45, 2.75) is 33.2 Å². The van der Waals surface area contributed by atoms with Crippen molar-refractivity contribution in [3.05, 3.63) is 59.1 Å². The van der Waals surface area contributed by atoms with Crippen LogP contribution >= 0.6 is 11.6 Å². The molecule has 0 fully saturated rings. The molecule has 150 valence electrons. The van der Waals surface area contributed by atoms with Gasteiger partial charge in [0.1, 0.15) is 27.9 Å². The number of carbonyl (C=O) groups excluding carboxylic acids is 1. The van der Waals surface area contributed by atoms with Crippen LogP contribution in [0.3, 0.4) is 0 Å². The molecule has 2 aromatic heterocycles. The van der Waals surface area contributed by atoms with Crippen molar-refractivity contribution in [2.75, 3.05) is 6.61 Å². The highest BCUT2D eigenvalue weighted by Crippen LogP contribution is 2.39. The van der Waals surface area contributed by atoms with Gasteiger partial charge < -0.3 is 9.15 Å². The fraction of sp³-hybridized carbons (Fsp3) is 0.318. The summed E-state index contributed by atoms with van der Waals surface area (Å²) in [5.41, 5.74) is 2.18. The second-order valence-corrected chi connectivity index (χ2v) is 7.57. The topological polar surface area (TPSA) is 67.9 Å². The van der Waals surface area contributed by atoms with E-state index in [1.54, 1.807) is 12.3 Å². The summed E-state index contributed by atoms with van der Waals surface area (Å²) in [6.07, 6.45) is 2.10. The number of carbonyl (C=O) groups is 1. The number of furan rings is 1. The molecule has 0 radical (unpaired) electrons. The number of hydrazone groups is 1. The molecule has 0 saturated carbocycles. The first-order chi connectivity index (χ1) is 14.0. The van der Waals surface area contributed by atoms with Gasteiger partial charge in [0.25, 0.3) is 0 Å². The fourth-order valence-electron chi connectivity index (χ4n) is 3.48. The van der Waals surface area contributed by atoms with Crippen LogP contribution in [0.2, 0.25) is 5.15 Å². The molecule has 0 unspecified atom stereocenters. The van der Waals surface area contributed by atoms with Gasteiger partial charge in [-0.05, 0) is 31.2 Å². The molecule has 0 N–H and O–H groups in total. The first-order valence-corrected chi connectivity index (χ1v) is 10.0. The number of benzene rings is 1. The van der Waals surface area contributed by atoms with Crippen molar-refractivity contribution in [2.24, 2.45) is 11.0 Å². The van der Waals surface area contributed by atoms with Crippen LogP contribution in [0, 0.1) is 5.92 Å². The molecule has 1 aromatic carbocycles. The van der Waals surface area contributed by atoms with Gasteiger partial charge in [0.05, 0.1) is 18.9 Å². The quantitative estimate of drug-likeness (QED) is 0.540. The lowest BCUT2D eigenvalue weighted by molar-refractivity contribution is -0.136. The first-order valence-electron chi connectivity index (χ1n) is 9.66. The highest BCUT2D eigenvalue weighted by molar-refractivity contribution is 6.30. The summed E-state index contributed by atoms with van der Waals surface area (Å²) < 4.78 is 11.2. The molecule has 4 rings (SSSR count). The third-order valence-corrected chi connectivity index (χ3v) is 5.19. The molecule has 1 aliphatic rings. The molecule has 3 aromatic rings. The van der Waals surface area contributed by atoms with Crippen LogP contribution in [0.15, 0.2) is 52.2 Å². The number of aromatic nitrogens is 1. The molecule has 3 heterocycles. The maximum absolute atomic E-state index is 12.9. The van der Waals surface area contributed by atoms with E-state index in [1.807, 2.05) is 51.1 Å². The molecule has 0 bridgehead atoms. The second kappa shape index (κ2) is 7.87. The van der Waals surface area contributed by atoms with Crippen LogP contribution in [0.5, 0.6) is 5.75 Å². The summed E-state index contributed by atoms with van der Waals surface area (Å²) in [6.45, 7) is 6.18. The molecule has 0 aliphatic carbocycles. The summed E-state index contributed by atoms with van der Waals surface area (Å²) in [6, 6.07) is 11.0. The zero-order valence-electron chi connectivity index (χ0n) is 16.6. The lowest BCUT2D eigenvalue weighted by Crippen LogP contribution is -2.30. The Kier molecular flexibility index (Phi) is 5.28. The highest BCUT2D eigenvalue weighted by atomic mass is 35.5. The van der Waals surface area contributed by atoms with Crippen LogP contribution in [0.4, 0.5) is 0 Å². The van der Waals surface area contributed by atoms with E-state index in [4.69, 9.17) is 20.8 Å². The van der Waals surface area contributed by atoms with Gasteiger partial charge in [0.15, 0.2) is 0 Å². The predicted molar refractivity (Wildman–Crippen MR) is 112 cm³/mol. The van der Waals surface area contributed by atoms with E-state index in [0.29, 0.717) is 40.9 Å². The summed E-state index contributed by atoms with van der Waals surface area (Å²) in [4.78, 5) is 17.5. The Bertz CT molecular complexity index is 1080. The van der Waals surface area contributed by atoms with Gasteiger partial charge in [-0.3, -0.25) is 4.79 Å². The fourth-order valence-corrected chi connectivity index (χ4v) is 3.75. The number of nitrogens with zero attached hydrogens (tertiary/aromatic N) is 3. The molecule has 6 nitrogen and oxygen atoms in total. The van der Waals surface area contributed by atoms with Crippen LogP contribution in [-0.2, 0) is 4.79 Å². The molecule has 29 heavy (non-hydrogen) atoms. The number of hydrogen-bond acceptors (Lipinski definition) is 5. The van der Waals surface area contributed by atoms with Crippen molar-refractivity contribution in [3.8, 4) is 5.75 Å². The van der Waals surface area contributed by atoms with E-state index in [9.17, 15) is 4.79 Å². The standard InChI is InChI=1S/C22H22ClN3O3/c1-4-28-19-8-5-7-14-11-15(21(23)24-20(14)19)17-12-16(18-9-6-10-29-18)25-26(17)22(27)13(2)3/h5-11,13,17H,4,12H2,1-3H3/t17-/m0/s1. The van der Waals surface area contributed by atoms with Crippen molar-refractivity contribution >= 4 is 34.1 Å². The lowest BCUT2D eigenvalue weighted by atomic mass is 10.00. The average Bonchev–Trinajstić information content (AvgIpc) is 3.37. The molecule has 7 heteroatoms. The second-order valence-electron chi connectivity index (χ2n) is 7.21. The number of fused-ring (bicyclic) bond motifs is 1. The Hall–Kier alpha value is -2.86. The number of rotatable bonds is 5. The van der Waals surface area contributed by atoms with E-state index < -0.39 is 0 Å². The summed E-state index contributed by atoms with van der Waals surface area (Å²) in [5.74, 6) is 1.06. The minimum Gasteiger partial charge on any atom is -0.492 e. The Morgan fingerprint density at radius 2 is 2.17 bits per heavy atom. The van der Waals surface area contributed by atoms with Crippen LogP contribution in [-0.4, -0.2) is 28.2 Å². The molecule has 1 atom stereocenters. The number of amides is 1.